The lowest BCUT2D eigenvalue weighted by Crippen LogP contribution is -2.18. The largest absolute Gasteiger partial charge is 0.497 e. The van der Waals surface area contributed by atoms with E-state index in [4.69, 9.17) is 21.1 Å². The van der Waals surface area contributed by atoms with Gasteiger partial charge in [-0.15, -0.1) is 0 Å². The van der Waals surface area contributed by atoms with E-state index < -0.39 is 0 Å². The van der Waals surface area contributed by atoms with Gasteiger partial charge in [-0.3, -0.25) is 0 Å². The molecular weight excluding hydrogens is 286 g/mol. The van der Waals surface area contributed by atoms with E-state index in [2.05, 4.69) is 12.2 Å². The van der Waals surface area contributed by atoms with Gasteiger partial charge in [0.2, 0.25) is 0 Å². The lowest BCUT2D eigenvalue weighted by Gasteiger charge is -2.16. The molecule has 0 saturated heterocycles. The molecule has 0 bridgehead atoms. The Morgan fingerprint density at radius 2 is 1.67 bits per heavy atom. The molecule has 112 valence electrons. The monoisotopic (exact) mass is 305 g/mol. The van der Waals surface area contributed by atoms with Gasteiger partial charge in [0.15, 0.2) is 0 Å². The van der Waals surface area contributed by atoms with Crippen LogP contribution in [0.1, 0.15) is 24.1 Å². The molecule has 0 spiro atoms. The molecule has 0 radical (unpaired) electrons. The van der Waals surface area contributed by atoms with Gasteiger partial charge in [-0.2, -0.15) is 0 Å². The number of rotatable bonds is 6. The van der Waals surface area contributed by atoms with E-state index in [1.165, 1.54) is 0 Å². The topological polar surface area (TPSA) is 30.5 Å². The summed E-state index contributed by atoms with van der Waals surface area (Å²) in [5, 5.41) is 4.24. The molecule has 0 unspecified atom stereocenters. The molecule has 0 amide bonds. The quantitative estimate of drug-likeness (QED) is 0.867. The van der Waals surface area contributed by atoms with Crippen LogP contribution in [0.5, 0.6) is 11.5 Å². The molecule has 0 aliphatic heterocycles. The fourth-order valence-corrected chi connectivity index (χ4v) is 2.47. The second-order valence-corrected chi connectivity index (χ2v) is 5.25. The number of benzene rings is 2. The van der Waals surface area contributed by atoms with Gasteiger partial charge in [0.1, 0.15) is 11.5 Å². The molecule has 0 aromatic heterocycles. The minimum Gasteiger partial charge on any atom is -0.497 e. The average molecular weight is 306 g/mol. The maximum atomic E-state index is 6.22. The first kappa shape index (κ1) is 15.7. The molecule has 1 atom stereocenters. The maximum absolute atomic E-state index is 6.22. The van der Waals surface area contributed by atoms with Crippen LogP contribution in [0, 0.1) is 0 Å². The van der Waals surface area contributed by atoms with Crippen LogP contribution in [-0.4, -0.2) is 14.2 Å². The zero-order chi connectivity index (χ0) is 15.2. The van der Waals surface area contributed by atoms with Crippen LogP contribution in [0.25, 0.3) is 0 Å². The molecule has 2 rings (SSSR count). The van der Waals surface area contributed by atoms with Gasteiger partial charge in [-0.05, 0) is 36.2 Å². The first-order chi connectivity index (χ1) is 10.1. The molecule has 2 aromatic rings. The zero-order valence-corrected chi connectivity index (χ0v) is 13.3. The fraction of sp³-hybridized carbons (Fsp3) is 0.294. The Morgan fingerprint density at radius 1 is 1.05 bits per heavy atom. The van der Waals surface area contributed by atoms with Crippen molar-refractivity contribution >= 4 is 11.6 Å². The SMILES string of the molecule is COc1cc(CN[C@H](C)c2ccccc2Cl)cc(OC)c1. The highest BCUT2D eigenvalue weighted by Crippen LogP contribution is 2.25. The van der Waals surface area contributed by atoms with Crippen LogP contribution >= 0.6 is 11.6 Å². The van der Waals surface area contributed by atoms with E-state index in [0.717, 1.165) is 27.6 Å². The molecule has 0 heterocycles. The Hall–Kier alpha value is -1.71. The predicted octanol–water partition coefficient (Wildman–Crippen LogP) is 4.21. The number of ether oxygens (including phenoxy) is 2. The minimum absolute atomic E-state index is 0.163. The summed E-state index contributed by atoms with van der Waals surface area (Å²) in [6, 6.07) is 13.9. The van der Waals surface area contributed by atoms with Crippen molar-refractivity contribution in [2.45, 2.75) is 19.5 Å². The molecule has 0 saturated carbocycles. The molecule has 1 N–H and O–H groups in total. The van der Waals surface area contributed by atoms with Crippen LogP contribution in [0.3, 0.4) is 0 Å². The Morgan fingerprint density at radius 3 is 2.24 bits per heavy atom. The Labute approximate surface area is 130 Å². The summed E-state index contributed by atoms with van der Waals surface area (Å²) >= 11 is 6.22. The zero-order valence-electron chi connectivity index (χ0n) is 12.5. The molecule has 4 heteroatoms. The summed E-state index contributed by atoms with van der Waals surface area (Å²) in [5.74, 6) is 1.58. The Kier molecular flexibility index (Phi) is 5.48. The molecule has 0 aliphatic carbocycles. The second-order valence-electron chi connectivity index (χ2n) is 4.85. The van der Waals surface area contributed by atoms with Gasteiger partial charge >= 0.3 is 0 Å². The summed E-state index contributed by atoms with van der Waals surface area (Å²) in [6.45, 7) is 2.80. The van der Waals surface area contributed by atoms with Gasteiger partial charge in [-0.25, -0.2) is 0 Å². The third kappa shape index (κ3) is 4.13. The van der Waals surface area contributed by atoms with Crippen LogP contribution in [0.15, 0.2) is 42.5 Å². The van der Waals surface area contributed by atoms with E-state index in [9.17, 15) is 0 Å². The molecule has 0 aliphatic rings. The number of halogens is 1. The van der Waals surface area contributed by atoms with E-state index >= 15 is 0 Å². The summed E-state index contributed by atoms with van der Waals surface area (Å²) in [6.07, 6.45) is 0. The van der Waals surface area contributed by atoms with E-state index in [-0.39, 0.29) is 6.04 Å². The number of hydrogen-bond donors (Lipinski definition) is 1. The number of hydrogen-bond acceptors (Lipinski definition) is 3. The summed E-state index contributed by atoms with van der Waals surface area (Å²) in [5.41, 5.74) is 2.19. The highest BCUT2D eigenvalue weighted by molar-refractivity contribution is 6.31. The standard InChI is InChI=1S/C17H20ClNO2/c1-12(16-6-4-5-7-17(16)18)19-11-13-8-14(20-2)10-15(9-13)21-3/h4-10,12,19H,11H2,1-3H3/t12-/m1/s1. The number of methoxy groups -OCH3 is 2. The minimum atomic E-state index is 0.163. The normalized spacial score (nSPS) is 12.0. The van der Waals surface area contributed by atoms with Gasteiger partial charge in [-0.1, -0.05) is 29.8 Å². The van der Waals surface area contributed by atoms with E-state index in [1.807, 2.05) is 42.5 Å². The Bertz CT molecular complexity index is 579. The van der Waals surface area contributed by atoms with Crippen molar-refractivity contribution < 1.29 is 9.47 Å². The lowest BCUT2D eigenvalue weighted by molar-refractivity contribution is 0.392. The number of nitrogens with one attached hydrogen (secondary N) is 1. The maximum Gasteiger partial charge on any atom is 0.122 e. The lowest BCUT2D eigenvalue weighted by atomic mass is 10.1. The van der Waals surface area contributed by atoms with Crippen molar-refractivity contribution in [3.05, 3.63) is 58.6 Å². The predicted molar refractivity (Wildman–Crippen MR) is 86.3 cm³/mol. The third-order valence-corrected chi connectivity index (χ3v) is 3.74. The van der Waals surface area contributed by atoms with E-state index in [0.29, 0.717) is 6.54 Å². The fourth-order valence-electron chi connectivity index (χ4n) is 2.18. The third-order valence-electron chi connectivity index (χ3n) is 3.40. The molecule has 21 heavy (non-hydrogen) atoms. The highest BCUT2D eigenvalue weighted by Gasteiger charge is 2.09. The second kappa shape index (κ2) is 7.34. The van der Waals surface area contributed by atoms with Crippen molar-refractivity contribution in [2.75, 3.05) is 14.2 Å². The van der Waals surface area contributed by atoms with Crippen LogP contribution < -0.4 is 14.8 Å². The summed E-state index contributed by atoms with van der Waals surface area (Å²) in [4.78, 5) is 0. The van der Waals surface area contributed by atoms with Crippen molar-refractivity contribution in [1.29, 1.82) is 0 Å². The van der Waals surface area contributed by atoms with Gasteiger partial charge < -0.3 is 14.8 Å². The van der Waals surface area contributed by atoms with Crippen LogP contribution in [-0.2, 0) is 6.54 Å². The first-order valence-electron chi connectivity index (χ1n) is 6.83. The summed E-state index contributed by atoms with van der Waals surface area (Å²) < 4.78 is 10.6. The van der Waals surface area contributed by atoms with E-state index in [1.54, 1.807) is 14.2 Å². The van der Waals surface area contributed by atoms with Crippen molar-refractivity contribution in [1.82, 2.24) is 5.32 Å². The highest BCUT2D eigenvalue weighted by atomic mass is 35.5. The molecule has 2 aromatic carbocycles. The van der Waals surface area contributed by atoms with Crippen LogP contribution in [0.4, 0.5) is 0 Å². The van der Waals surface area contributed by atoms with Crippen molar-refractivity contribution in [3.8, 4) is 11.5 Å². The molecule has 0 fully saturated rings. The smallest absolute Gasteiger partial charge is 0.122 e. The van der Waals surface area contributed by atoms with Crippen LogP contribution in [0.2, 0.25) is 5.02 Å². The van der Waals surface area contributed by atoms with Gasteiger partial charge in [0.05, 0.1) is 14.2 Å². The average Bonchev–Trinajstić information content (AvgIpc) is 2.52. The summed E-state index contributed by atoms with van der Waals surface area (Å²) in [7, 11) is 3.30. The Balaban J connectivity index is 2.07. The van der Waals surface area contributed by atoms with Crippen molar-refractivity contribution in [3.63, 3.8) is 0 Å². The van der Waals surface area contributed by atoms with Gasteiger partial charge in [0.25, 0.3) is 0 Å². The van der Waals surface area contributed by atoms with Crippen molar-refractivity contribution in [2.24, 2.45) is 0 Å². The molecular formula is C17H20ClNO2. The van der Waals surface area contributed by atoms with Gasteiger partial charge in [0, 0.05) is 23.7 Å². The molecule has 3 nitrogen and oxygen atoms in total. The first-order valence-corrected chi connectivity index (χ1v) is 7.21.